The van der Waals surface area contributed by atoms with Crippen LogP contribution in [0.15, 0.2) is 30.3 Å². The molecule has 0 aliphatic heterocycles. The summed E-state index contributed by atoms with van der Waals surface area (Å²) in [6, 6.07) is 9.12. The number of carbonyl (C=O) groups excluding carboxylic acids is 1. The summed E-state index contributed by atoms with van der Waals surface area (Å²) in [7, 11) is 0. The lowest BCUT2D eigenvalue weighted by molar-refractivity contribution is 0.0976. The largest absolute Gasteiger partial charge is 0.490 e. The van der Waals surface area contributed by atoms with Crippen molar-refractivity contribution < 1.29 is 19.0 Å². The number of nitrogens with zero attached hydrogens (tertiary/aromatic N) is 4. The first-order valence-corrected chi connectivity index (χ1v) is 13.1. The van der Waals surface area contributed by atoms with E-state index in [4.69, 9.17) is 26.4 Å². The summed E-state index contributed by atoms with van der Waals surface area (Å²) < 4.78 is 18.9. The highest BCUT2D eigenvalue weighted by atomic mass is 32.1. The number of aryl methyl sites for hydroxylation is 2. The Hall–Kier alpha value is -3.77. The zero-order valence-electron chi connectivity index (χ0n) is 21.2. The number of aromatic nitrogens is 4. The van der Waals surface area contributed by atoms with E-state index in [9.17, 15) is 4.79 Å². The molecule has 2 aromatic heterocycles. The normalized spacial score (nSPS) is 10.8. The molecule has 2 heterocycles. The molecule has 4 rings (SSSR count). The number of amides is 1. The zero-order chi connectivity index (χ0) is 26.5. The van der Waals surface area contributed by atoms with Gasteiger partial charge in [-0.3, -0.25) is 10.1 Å². The van der Waals surface area contributed by atoms with E-state index >= 15 is 0 Å². The van der Waals surface area contributed by atoms with Crippen LogP contribution in [-0.2, 0) is 0 Å². The Morgan fingerprint density at radius 2 is 1.68 bits per heavy atom. The summed E-state index contributed by atoms with van der Waals surface area (Å²) in [4.78, 5) is 13.8. The maximum absolute atomic E-state index is 13.1. The number of carbonyl (C=O) groups is 1. The van der Waals surface area contributed by atoms with Crippen molar-refractivity contribution in [2.75, 3.05) is 25.1 Å². The van der Waals surface area contributed by atoms with Crippen LogP contribution >= 0.6 is 23.6 Å². The molecule has 0 unspecified atom stereocenters. The highest BCUT2D eigenvalue weighted by molar-refractivity contribution is 7.80. The molecule has 2 N–H and O–H groups in total. The summed E-state index contributed by atoms with van der Waals surface area (Å²) in [5, 5.41) is 19.6. The average molecular weight is 541 g/mol. The van der Waals surface area contributed by atoms with Gasteiger partial charge in [-0.2, -0.15) is 9.61 Å². The molecular weight excluding hydrogens is 512 g/mol. The summed E-state index contributed by atoms with van der Waals surface area (Å²) in [6.07, 6.45) is 0. The molecule has 10 nitrogen and oxygen atoms in total. The van der Waals surface area contributed by atoms with Crippen LogP contribution < -0.4 is 24.8 Å². The monoisotopic (exact) mass is 540 g/mol. The van der Waals surface area contributed by atoms with Crippen molar-refractivity contribution in [3.8, 4) is 27.8 Å². The molecule has 2 aromatic carbocycles. The third-order valence-electron chi connectivity index (χ3n) is 5.28. The van der Waals surface area contributed by atoms with Crippen molar-refractivity contribution in [3.63, 3.8) is 0 Å². The minimum Gasteiger partial charge on any atom is -0.490 e. The maximum Gasteiger partial charge on any atom is 0.257 e. The Morgan fingerprint density at radius 1 is 1.00 bits per heavy atom. The minimum atomic E-state index is -0.402. The first-order chi connectivity index (χ1) is 17.8. The van der Waals surface area contributed by atoms with Gasteiger partial charge in [0.1, 0.15) is 5.01 Å². The van der Waals surface area contributed by atoms with E-state index in [-0.39, 0.29) is 5.11 Å². The van der Waals surface area contributed by atoms with E-state index in [1.54, 1.807) is 16.6 Å². The molecule has 37 heavy (non-hydrogen) atoms. The summed E-state index contributed by atoms with van der Waals surface area (Å²) in [6.45, 7) is 10.7. The second-order valence-electron chi connectivity index (χ2n) is 7.89. The van der Waals surface area contributed by atoms with Gasteiger partial charge in [-0.05, 0) is 70.6 Å². The summed E-state index contributed by atoms with van der Waals surface area (Å²) in [5.41, 5.74) is 2.94. The number of benzene rings is 2. The molecule has 0 aliphatic rings. The molecule has 0 spiro atoms. The van der Waals surface area contributed by atoms with Crippen LogP contribution in [0.3, 0.4) is 0 Å². The smallest absolute Gasteiger partial charge is 0.257 e. The van der Waals surface area contributed by atoms with Gasteiger partial charge in [0.15, 0.2) is 22.4 Å². The molecule has 1 amide bonds. The fraction of sp³-hybridized carbons (Fsp3) is 0.320. The number of hydrogen-bond acceptors (Lipinski definition) is 9. The molecule has 0 fully saturated rings. The lowest BCUT2D eigenvalue weighted by Gasteiger charge is -2.17. The molecule has 0 saturated carbocycles. The summed E-state index contributed by atoms with van der Waals surface area (Å²) in [5.74, 6) is 1.66. The quantitative estimate of drug-likeness (QED) is 0.289. The van der Waals surface area contributed by atoms with Gasteiger partial charge in [-0.15, -0.1) is 10.2 Å². The first-order valence-electron chi connectivity index (χ1n) is 11.8. The van der Waals surface area contributed by atoms with Crippen molar-refractivity contribution in [3.05, 3.63) is 47.3 Å². The van der Waals surface area contributed by atoms with Crippen molar-refractivity contribution >= 4 is 45.2 Å². The maximum atomic E-state index is 13.1. The van der Waals surface area contributed by atoms with Gasteiger partial charge in [0.25, 0.3) is 5.91 Å². The molecule has 0 saturated heterocycles. The molecule has 0 radical (unpaired) electrons. The van der Waals surface area contributed by atoms with E-state index in [0.717, 1.165) is 32.6 Å². The van der Waals surface area contributed by atoms with E-state index < -0.39 is 5.91 Å². The SMILES string of the molecule is CCOc1cc(C(=O)NC(=S)Nc2cc(-c3nn4c(C)nnc4s3)ccc2C)cc(OCC)c1OCC. The van der Waals surface area contributed by atoms with Crippen molar-refractivity contribution in [2.24, 2.45) is 0 Å². The van der Waals surface area contributed by atoms with Gasteiger partial charge < -0.3 is 19.5 Å². The number of hydrogen-bond donors (Lipinski definition) is 2. The van der Waals surface area contributed by atoms with Gasteiger partial charge in [-0.1, -0.05) is 23.5 Å². The van der Waals surface area contributed by atoms with Crippen LogP contribution in [0.5, 0.6) is 17.2 Å². The van der Waals surface area contributed by atoms with Crippen LogP contribution in [0, 0.1) is 13.8 Å². The zero-order valence-corrected chi connectivity index (χ0v) is 22.9. The summed E-state index contributed by atoms with van der Waals surface area (Å²) >= 11 is 6.90. The van der Waals surface area contributed by atoms with Crippen molar-refractivity contribution in [1.82, 2.24) is 25.1 Å². The first kappa shape index (κ1) is 26.3. The number of rotatable bonds is 9. The predicted molar refractivity (Wildman–Crippen MR) is 147 cm³/mol. The van der Waals surface area contributed by atoms with Gasteiger partial charge in [0.2, 0.25) is 10.7 Å². The van der Waals surface area contributed by atoms with Gasteiger partial charge in [-0.25, -0.2) is 0 Å². The number of fused-ring (bicyclic) bond motifs is 1. The Bertz CT molecular complexity index is 1420. The van der Waals surface area contributed by atoms with Crippen LogP contribution in [-0.4, -0.2) is 50.7 Å². The van der Waals surface area contributed by atoms with Gasteiger partial charge >= 0.3 is 0 Å². The van der Waals surface area contributed by atoms with Crippen molar-refractivity contribution in [1.29, 1.82) is 0 Å². The fourth-order valence-corrected chi connectivity index (χ4v) is 4.65. The van der Waals surface area contributed by atoms with Gasteiger partial charge in [0.05, 0.1) is 19.8 Å². The molecular formula is C25H28N6O4S2. The number of anilines is 1. The minimum absolute atomic E-state index is 0.157. The molecule has 0 atom stereocenters. The van der Waals surface area contributed by atoms with Gasteiger partial charge in [0, 0.05) is 16.8 Å². The fourth-order valence-electron chi connectivity index (χ4n) is 3.57. The van der Waals surface area contributed by atoms with E-state index in [1.165, 1.54) is 11.3 Å². The predicted octanol–water partition coefficient (Wildman–Crippen LogP) is 4.79. The third kappa shape index (κ3) is 5.81. The molecule has 0 aliphatic carbocycles. The second-order valence-corrected chi connectivity index (χ2v) is 9.25. The molecule has 12 heteroatoms. The van der Waals surface area contributed by atoms with E-state index in [1.807, 2.05) is 52.8 Å². The second kappa shape index (κ2) is 11.5. The lowest BCUT2D eigenvalue weighted by Crippen LogP contribution is -2.34. The number of nitrogens with one attached hydrogen (secondary N) is 2. The Balaban J connectivity index is 1.53. The topological polar surface area (TPSA) is 112 Å². The molecule has 0 bridgehead atoms. The van der Waals surface area contributed by atoms with E-state index in [0.29, 0.717) is 42.6 Å². The Kier molecular flexibility index (Phi) is 8.19. The lowest BCUT2D eigenvalue weighted by atomic mass is 10.1. The Labute approximate surface area is 224 Å². The standard InChI is InChI=1S/C25H28N6O4S2/c1-6-33-19-12-17(13-20(34-7-2)21(19)35-8-3)22(32)27-24(36)26-18-11-16(10-9-14(18)4)23-30-31-15(5)28-29-25(31)37-23/h9-13H,6-8H2,1-5H3,(H2,26,27,32,36). The highest BCUT2D eigenvalue weighted by Crippen LogP contribution is 2.39. The third-order valence-corrected chi connectivity index (χ3v) is 6.43. The van der Waals surface area contributed by atoms with E-state index in [2.05, 4.69) is 25.9 Å². The number of thiocarbonyl (C=S) groups is 1. The van der Waals surface area contributed by atoms with Crippen LogP contribution in [0.1, 0.15) is 42.5 Å². The number of ether oxygens (including phenoxy) is 3. The highest BCUT2D eigenvalue weighted by Gasteiger charge is 2.19. The van der Waals surface area contributed by atoms with Crippen LogP contribution in [0.2, 0.25) is 0 Å². The average Bonchev–Trinajstić information content (AvgIpc) is 3.44. The van der Waals surface area contributed by atoms with Crippen LogP contribution in [0.4, 0.5) is 5.69 Å². The van der Waals surface area contributed by atoms with Crippen LogP contribution in [0.25, 0.3) is 15.5 Å². The van der Waals surface area contributed by atoms with Crippen molar-refractivity contribution in [2.45, 2.75) is 34.6 Å². The molecule has 4 aromatic rings. The molecule has 194 valence electrons. The Morgan fingerprint density at radius 3 is 2.30 bits per heavy atom.